The number of esters is 3. The normalized spacial score (nSPS) is 14.0. The first-order valence-electron chi connectivity index (χ1n) is 26.8. The smallest absolute Gasteiger partial charge is 0.462 e. The molecule has 0 aromatic rings. The molecule has 68 heavy (non-hydrogen) atoms. The monoisotopic (exact) mass is 977 g/mol. The lowest BCUT2D eigenvalue weighted by Crippen LogP contribution is -2.30. The van der Waals surface area contributed by atoms with Crippen LogP contribution in [-0.4, -0.2) is 66.5 Å². The van der Waals surface area contributed by atoms with Crippen molar-refractivity contribution in [2.75, 3.05) is 26.4 Å². The van der Waals surface area contributed by atoms with Gasteiger partial charge in [-0.1, -0.05) is 190 Å². The molecule has 0 heterocycles. The Balaban J connectivity index is 4.83. The van der Waals surface area contributed by atoms with E-state index in [2.05, 4.69) is 93.7 Å². The fourth-order valence-electron chi connectivity index (χ4n) is 7.02. The second kappa shape index (κ2) is 50.3. The summed E-state index contributed by atoms with van der Waals surface area (Å²) in [7, 11) is -4.76. The van der Waals surface area contributed by atoms with Crippen molar-refractivity contribution in [1.29, 1.82) is 0 Å². The second-order valence-corrected chi connectivity index (χ2v) is 19.1. The van der Waals surface area contributed by atoms with Gasteiger partial charge in [-0.05, 0) is 89.9 Å². The summed E-state index contributed by atoms with van der Waals surface area (Å²) in [6, 6.07) is 0. The molecule has 0 amide bonds. The summed E-state index contributed by atoms with van der Waals surface area (Å²) >= 11 is 0. The van der Waals surface area contributed by atoms with E-state index in [9.17, 15) is 28.9 Å². The molecule has 0 aromatic heterocycles. The summed E-state index contributed by atoms with van der Waals surface area (Å²) in [4.78, 5) is 48.3. The van der Waals surface area contributed by atoms with Crippen molar-refractivity contribution >= 4 is 25.7 Å². The van der Waals surface area contributed by atoms with Crippen LogP contribution in [0.2, 0.25) is 0 Å². The van der Waals surface area contributed by atoms with Crippen LogP contribution in [0.4, 0.5) is 0 Å². The first kappa shape index (κ1) is 64.9. The zero-order valence-corrected chi connectivity index (χ0v) is 43.9. The van der Waals surface area contributed by atoms with Gasteiger partial charge in [0.15, 0.2) is 6.10 Å². The number of ether oxygens (including phenoxy) is 3. The highest BCUT2D eigenvalue weighted by molar-refractivity contribution is 7.47. The lowest BCUT2D eigenvalue weighted by Gasteiger charge is -2.21. The fourth-order valence-corrected chi connectivity index (χ4v) is 7.81. The number of carbonyl (C=O) groups is 3. The van der Waals surface area contributed by atoms with Crippen molar-refractivity contribution < 1.29 is 52.2 Å². The number of hydrogen-bond acceptors (Lipinski definition) is 10. The van der Waals surface area contributed by atoms with Gasteiger partial charge >= 0.3 is 25.7 Å². The highest BCUT2D eigenvalue weighted by Gasteiger charge is 2.28. The Morgan fingerprint density at radius 1 is 0.426 bits per heavy atom. The van der Waals surface area contributed by atoms with Gasteiger partial charge in [-0.3, -0.25) is 23.4 Å². The number of allylic oxidation sites excluding steroid dienone is 12. The van der Waals surface area contributed by atoms with E-state index in [1.54, 1.807) is 0 Å². The van der Waals surface area contributed by atoms with Crippen LogP contribution in [0.3, 0.4) is 0 Å². The van der Waals surface area contributed by atoms with Crippen LogP contribution in [0.1, 0.15) is 226 Å². The first-order chi connectivity index (χ1) is 33.2. The van der Waals surface area contributed by atoms with Crippen LogP contribution in [0.15, 0.2) is 72.9 Å². The Labute approximate surface area is 414 Å². The molecule has 0 fully saturated rings. The maximum Gasteiger partial charge on any atom is 0.472 e. The Morgan fingerprint density at radius 2 is 0.765 bits per heavy atom. The summed E-state index contributed by atoms with van der Waals surface area (Å²) in [6.07, 6.45) is 54.4. The molecular weight excluding hydrogens is 880 g/mol. The van der Waals surface area contributed by atoms with E-state index in [1.807, 2.05) is 0 Å². The SMILES string of the molecule is CC/C=C\C/C=C\C/C=C\C/C=C\CCCCC(=O)OC(COC(=O)CCCCCCC/C=C\C/C=C\CCCCC)COP(=O)(O)OCC(CO)OC(=O)CCCCCCCCCCCCC. The summed E-state index contributed by atoms with van der Waals surface area (Å²) in [5.74, 6) is -1.53. The maximum atomic E-state index is 12.8. The van der Waals surface area contributed by atoms with Crippen molar-refractivity contribution in [3.63, 3.8) is 0 Å². The molecule has 0 aliphatic carbocycles. The lowest BCUT2D eigenvalue weighted by molar-refractivity contribution is -0.161. The molecule has 3 atom stereocenters. The predicted octanol–water partition coefficient (Wildman–Crippen LogP) is 15.4. The molecule has 392 valence electrons. The minimum absolute atomic E-state index is 0.111. The molecule has 11 nitrogen and oxygen atoms in total. The number of carbonyl (C=O) groups excluding carboxylic acids is 3. The van der Waals surface area contributed by atoms with Crippen LogP contribution >= 0.6 is 7.82 Å². The number of aliphatic hydroxyl groups excluding tert-OH is 1. The molecule has 12 heteroatoms. The zero-order valence-electron chi connectivity index (χ0n) is 43.1. The average molecular weight is 977 g/mol. The largest absolute Gasteiger partial charge is 0.472 e. The molecule has 0 aromatic carbocycles. The molecule has 0 aliphatic heterocycles. The number of phosphoric acid groups is 1. The molecule has 0 radical (unpaired) electrons. The topological polar surface area (TPSA) is 155 Å². The summed E-state index contributed by atoms with van der Waals surface area (Å²) in [5, 5.41) is 9.77. The van der Waals surface area contributed by atoms with Crippen LogP contribution in [0.5, 0.6) is 0 Å². The van der Waals surface area contributed by atoms with Crippen molar-refractivity contribution in [3.05, 3.63) is 72.9 Å². The van der Waals surface area contributed by atoms with Gasteiger partial charge in [0.1, 0.15) is 12.7 Å². The van der Waals surface area contributed by atoms with E-state index < -0.39 is 57.8 Å². The second-order valence-electron chi connectivity index (χ2n) is 17.7. The standard InChI is InChI=1S/C56H97O11P/c1-4-7-10-13-16-19-22-24-26-28-31-33-36-39-42-45-54(58)63-49-53(67-56(60)47-44-41-38-35-32-29-27-25-23-20-17-14-11-8-5-2)51-65-68(61,62)64-50-52(48-57)66-55(59)46-43-40-37-34-30-21-18-15-12-9-6-3/h8,11,16-17,19-20,24-27,32,35,52-53,57H,4-7,9-10,12-15,18,21-23,28-31,33-34,36-51H2,1-3H3,(H,61,62)/b11-8-,19-16-,20-17-,26-24-,27-25-,35-32-. The zero-order chi connectivity index (χ0) is 49.9. The van der Waals surface area contributed by atoms with Gasteiger partial charge in [0, 0.05) is 19.3 Å². The van der Waals surface area contributed by atoms with Gasteiger partial charge in [0.05, 0.1) is 19.8 Å². The minimum atomic E-state index is -4.76. The highest BCUT2D eigenvalue weighted by Crippen LogP contribution is 2.43. The van der Waals surface area contributed by atoms with Crippen LogP contribution < -0.4 is 0 Å². The Kier molecular flexibility index (Phi) is 48.0. The quantitative estimate of drug-likeness (QED) is 0.0197. The third kappa shape index (κ3) is 48.0. The van der Waals surface area contributed by atoms with Crippen molar-refractivity contribution in [3.8, 4) is 0 Å². The van der Waals surface area contributed by atoms with Crippen molar-refractivity contribution in [1.82, 2.24) is 0 Å². The minimum Gasteiger partial charge on any atom is -0.462 e. The Bertz CT molecular complexity index is 1420. The lowest BCUT2D eigenvalue weighted by atomic mass is 10.1. The Morgan fingerprint density at radius 3 is 1.24 bits per heavy atom. The van der Waals surface area contributed by atoms with Gasteiger partial charge < -0.3 is 24.2 Å². The Hall–Kier alpha value is -3.08. The van der Waals surface area contributed by atoms with E-state index in [0.717, 1.165) is 103 Å². The number of rotatable bonds is 49. The molecule has 3 unspecified atom stereocenters. The highest BCUT2D eigenvalue weighted by atomic mass is 31.2. The third-order valence-electron chi connectivity index (χ3n) is 11.1. The summed E-state index contributed by atoms with van der Waals surface area (Å²) in [6.45, 7) is 4.42. The number of hydrogen-bond donors (Lipinski definition) is 2. The van der Waals surface area contributed by atoms with E-state index >= 15 is 0 Å². The molecule has 0 bridgehead atoms. The van der Waals surface area contributed by atoms with Gasteiger partial charge in [0.2, 0.25) is 0 Å². The van der Waals surface area contributed by atoms with E-state index in [4.69, 9.17) is 23.3 Å². The third-order valence-corrected chi connectivity index (χ3v) is 12.1. The van der Waals surface area contributed by atoms with Gasteiger partial charge in [-0.2, -0.15) is 0 Å². The number of unbranched alkanes of at least 4 members (excludes halogenated alkanes) is 20. The van der Waals surface area contributed by atoms with E-state index in [1.165, 1.54) is 64.2 Å². The fraction of sp³-hybridized carbons (Fsp3) is 0.732. The summed E-state index contributed by atoms with van der Waals surface area (Å²) in [5.41, 5.74) is 0. The summed E-state index contributed by atoms with van der Waals surface area (Å²) < 4.78 is 39.3. The first-order valence-corrected chi connectivity index (χ1v) is 28.3. The predicted molar refractivity (Wildman–Crippen MR) is 279 cm³/mol. The number of aliphatic hydroxyl groups is 1. The van der Waals surface area contributed by atoms with Gasteiger partial charge in [0.25, 0.3) is 0 Å². The van der Waals surface area contributed by atoms with Crippen molar-refractivity contribution in [2.24, 2.45) is 0 Å². The van der Waals surface area contributed by atoms with Gasteiger partial charge in [-0.15, -0.1) is 0 Å². The van der Waals surface area contributed by atoms with Gasteiger partial charge in [-0.25, -0.2) is 4.57 Å². The van der Waals surface area contributed by atoms with Crippen LogP contribution in [0.25, 0.3) is 0 Å². The molecular formula is C56H97O11P. The van der Waals surface area contributed by atoms with E-state index in [0.29, 0.717) is 19.3 Å². The molecule has 0 saturated heterocycles. The molecule has 0 aliphatic rings. The van der Waals surface area contributed by atoms with Crippen molar-refractivity contribution in [2.45, 2.75) is 238 Å². The molecule has 0 saturated carbocycles. The van der Waals surface area contributed by atoms with Crippen LogP contribution in [0, 0.1) is 0 Å². The number of phosphoric ester groups is 1. The average Bonchev–Trinajstić information content (AvgIpc) is 3.32. The molecule has 0 rings (SSSR count). The molecule has 2 N–H and O–H groups in total. The van der Waals surface area contributed by atoms with E-state index in [-0.39, 0.29) is 25.9 Å². The van der Waals surface area contributed by atoms with Crippen LogP contribution in [-0.2, 0) is 42.2 Å². The molecule has 0 spiro atoms. The maximum absolute atomic E-state index is 12.8.